The summed E-state index contributed by atoms with van der Waals surface area (Å²) in [5.41, 5.74) is -0.616. The molecule has 1 aromatic carbocycles. The molecule has 0 fully saturated rings. The van der Waals surface area contributed by atoms with Gasteiger partial charge < -0.3 is 9.67 Å². The molecule has 2 N–H and O–H groups in total. The van der Waals surface area contributed by atoms with Gasteiger partial charge >= 0.3 is 6.18 Å². The number of aromatic nitrogens is 3. The lowest BCUT2D eigenvalue weighted by molar-refractivity contribution is -0.137. The number of imidazole rings is 1. The smallest absolute Gasteiger partial charge is 0.416 e. The molecule has 26 heavy (non-hydrogen) atoms. The zero-order valence-corrected chi connectivity index (χ0v) is 13.2. The highest BCUT2D eigenvalue weighted by atomic mass is 19.4. The van der Waals surface area contributed by atoms with Crippen LogP contribution in [-0.4, -0.2) is 25.5 Å². The van der Waals surface area contributed by atoms with E-state index in [-0.39, 0.29) is 5.95 Å². The fourth-order valence-corrected chi connectivity index (χ4v) is 2.31. The molecule has 3 rings (SSSR count). The maximum Gasteiger partial charge on any atom is 0.416 e. The Balaban J connectivity index is 1.82. The van der Waals surface area contributed by atoms with E-state index in [0.717, 1.165) is 11.6 Å². The molecule has 0 saturated heterocycles. The molecule has 9 heteroatoms. The summed E-state index contributed by atoms with van der Waals surface area (Å²) in [6, 6.07) is 5.70. The van der Waals surface area contributed by atoms with Gasteiger partial charge in [-0.15, -0.1) is 0 Å². The molecule has 0 unspecified atom stereocenters. The molecule has 0 aliphatic heterocycles. The summed E-state index contributed by atoms with van der Waals surface area (Å²) < 4.78 is 40.0. The second kappa shape index (κ2) is 6.87. The standard InChI is InChI=1S/C17H13F3N4O2/c18-17(19,20)12-1-2-14(25)13(9-12)15(26)23-16-22-7-8-24(16)10-11-3-5-21-6-4-11/h1-9,25H,10H2,(H,22,23,26). The molecule has 134 valence electrons. The lowest BCUT2D eigenvalue weighted by atomic mass is 10.1. The molecule has 0 radical (unpaired) electrons. The highest BCUT2D eigenvalue weighted by Gasteiger charge is 2.32. The highest BCUT2D eigenvalue weighted by molar-refractivity contribution is 6.05. The summed E-state index contributed by atoms with van der Waals surface area (Å²) in [6.45, 7) is 0.382. The lowest BCUT2D eigenvalue weighted by Crippen LogP contribution is -2.17. The average molecular weight is 362 g/mol. The molecule has 6 nitrogen and oxygen atoms in total. The number of hydrogen-bond donors (Lipinski definition) is 2. The van der Waals surface area contributed by atoms with Crippen LogP contribution < -0.4 is 5.32 Å². The van der Waals surface area contributed by atoms with Crippen molar-refractivity contribution in [1.29, 1.82) is 0 Å². The Hall–Kier alpha value is -3.36. The normalized spacial score (nSPS) is 11.3. The number of carbonyl (C=O) groups excluding carboxylic acids is 1. The number of alkyl halides is 3. The molecular weight excluding hydrogens is 349 g/mol. The number of pyridine rings is 1. The molecule has 0 aliphatic carbocycles. The largest absolute Gasteiger partial charge is 0.507 e. The number of phenols is 1. The van der Waals surface area contributed by atoms with E-state index in [1.807, 2.05) is 0 Å². The Morgan fingerprint density at radius 1 is 1.15 bits per heavy atom. The third kappa shape index (κ3) is 3.82. The molecule has 2 heterocycles. The Labute approximate surface area is 146 Å². The fraction of sp³-hybridized carbons (Fsp3) is 0.118. The first kappa shape index (κ1) is 17.5. The van der Waals surface area contributed by atoms with Gasteiger partial charge in [-0.3, -0.25) is 15.1 Å². The summed E-state index contributed by atoms with van der Waals surface area (Å²) in [4.78, 5) is 20.2. The summed E-state index contributed by atoms with van der Waals surface area (Å²) in [5.74, 6) is -1.30. The van der Waals surface area contributed by atoms with Gasteiger partial charge in [-0.25, -0.2) is 4.98 Å². The molecule has 0 spiro atoms. The summed E-state index contributed by atoms with van der Waals surface area (Å²) >= 11 is 0. The van der Waals surface area contributed by atoms with Crippen LogP contribution in [0.1, 0.15) is 21.5 Å². The predicted molar refractivity (Wildman–Crippen MR) is 86.6 cm³/mol. The molecule has 1 amide bonds. The molecule has 0 atom stereocenters. The van der Waals surface area contributed by atoms with E-state index in [1.54, 1.807) is 35.3 Å². The quantitative estimate of drug-likeness (QED) is 0.746. The second-order valence-electron chi connectivity index (χ2n) is 5.42. The van der Waals surface area contributed by atoms with Crippen molar-refractivity contribution in [2.24, 2.45) is 0 Å². The minimum atomic E-state index is -4.62. The van der Waals surface area contributed by atoms with Crippen LogP contribution in [0.25, 0.3) is 0 Å². The first-order chi connectivity index (χ1) is 12.3. The van der Waals surface area contributed by atoms with Crippen LogP contribution in [-0.2, 0) is 12.7 Å². The maximum atomic E-state index is 12.8. The summed E-state index contributed by atoms with van der Waals surface area (Å²) in [7, 11) is 0. The van der Waals surface area contributed by atoms with Gasteiger partial charge in [0.15, 0.2) is 0 Å². The van der Waals surface area contributed by atoms with Crippen LogP contribution in [0.5, 0.6) is 5.75 Å². The minimum absolute atomic E-state index is 0.142. The van der Waals surface area contributed by atoms with Crippen LogP contribution in [0, 0.1) is 0 Å². The van der Waals surface area contributed by atoms with Crippen molar-refractivity contribution in [1.82, 2.24) is 14.5 Å². The molecule has 3 aromatic rings. The predicted octanol–water partition coefficient (Wildman–Crippen LogP) is 3.30. The van der Waals surface area contributed by atoms with Crippen molar-refractivity contribution < 1.29 is 23.1 Å². The molecular formula is C17H13F3N4O2. The zero-order valence-electron chi connectivity index (χ0n) is 13.2. The van der Waals surface area contributed by atoms with E-state index in [9.17, 15) is 23.1 Å². The number of anilines is 1. The number of halogens is 3. The Morgan fingerprint density at radius 2 is 1.88 bits per heavy atom. The number of benzene rings is 1. The molecule has 0 saturated carbocycles. The zero-order chi connectivity index (χ0) is 18.7. The lowest BCUT2D eigenvalue weighted by Gasteiger charge is -2.12. The van der Waals surface area contributed by atoms with Gasteiger partial charge in [0.05, 0.1) is 17.7 Å². The number of aromatic hydroxyl groups is 1. The molecule has 2 aromatic heterocycles. The van der Waals surface area contributed by atoms with Crippen molar-refractivity contribution in [3.8, 4) is 5.75 Å². The van der Waals surface area contributed by atoms with Gasteiger partial charge in [0.1, 0.15) is 5.75 Å². The summed E-state index contributed by atoms with van der Waals surface area (Å²) in [5, 5.41) is 12.2. The van der Waals surface area contributed by atoms with Gasteiger partial charge in [0.25, 0.3) is 5.91 Å². The molecule has 0 bridgehead atoms. The number of amides is 1. The number of carbonyl (C=O) groups is 1. The van der Waals surface area contributed by atoms with E-state index in [0.29, 0.717) is 18.7 Å². The Kier molecular flexibility index (Phi) is 4.61. The van der Waals surface area contributed by atoms with Crippen LogP contribution in [0.2, 0.25) is 0 Å². The second-order valence-corrected chi connectivity index (χ2v) is 5.42. The number of phenolic OH excluding ortho intramolecular Hbond substituents is 1. The Morgan fingerprint density at radius 3 is 2.58 bits per heavy atom. The Bertz CT molecular complexity index is 923. The number of nitrogens with one attached hydrogen (secondary N) is 1. The van der Waals surface area contributed by atoms with E-state index in [4.69, 9.17) is 0 Å². The fourth-order valence-electron chi connectivity index (χ4n) is 2.31. The third-order valence-electron chi connectivity index (χ3n) is 3.61. The number of rotatable bonds is 4. The molecule has 0 aliphatic rings. The third-order valence-corrected chi connectivity index (χ3v) is 3.61. The monoisotopic (exact) mass is 362 g/mol. The number of nitrogens with zero attached hydrogens (tertiary/aromatic N) is 3. The average Bonchev–Trinajstić information content (AvgIpc) is 3.02. The van der Waals surface area contributed by atoms with Gasteiger partial charge in [-0.1, -0.05) is 0 Å². The van der Waals surface area contributed by atoms with Gasteiger partial charge in [-0.05, 0) is 35.9 Å². The minimum Gasteiger partial charge on any atom is -0.507 e. The topological polar surface area (TPSA) is 80.0 Å². The SMILES string of the molecule is O=C(Nc1nccn1Cc1ccncc1)c1cc(C(F)(F)F)ccc1O. The van der Waals surface area contributed by atoms with Crippen LogP contribution >= 0.6 is 0 Å². The van der Waals surface area contributed by atoms with Gasteiger partial charge in [0.2, 0.25) is 5.95 Å². The van der Waals surface area contributed by atoms with Crippen molar-refractivity contribution in [2.75, 3.05) is 5.32 Å². The van der Waals surface area contributed by atoms with Crippen molar-refractivity contribution in [3.05, 3.63) is 71.8 Å². The van der Waals surface area contributed by atoms with Crippen molar-refractivity contribution in [3.63, 3.8) is 0 Å². The van der Waals surface area contributed by atoms with Crippen molar-refractivity contribution in [2.45, 2.75) is 12.7 Å². The van der Waals surface area contributed by atoms with Crippen LogP contribution in [0.3, 0.4) is 0 Å². The van der Waals surface area contributed by atoms with E-state index < -0.39 is 29.0 Å². The van der Waals surface area contributed by atoms with Crippen molar-refractivity contribution >= 4 is 11.9 Å². The first-order valence-electron chi connectivity index (χ1n) is 7.46. The number of hydrogen-bond acceptors (Lipinski definition) is 4. The summed E-state index contributed by atoms with van der Waals surface area (Å²) in [6.07, 6.45) is 1.67. The maximum absolute atomic E-state index is 12.8. The van der Waals surface area contributed by atoms with Gasteiger partial charge in [0, 0.05) is 24.8 Å². The van der Waals surface area contributed by atoms with Gasteiger partial charge in [-0.2, -0.15) is 13.2 Å². The van der Waals surface area contributed by atoms with Crippen LogP contribution in [0.15, 0.2) is 55.1 Å². The van der Waals surface area contributed by atoms with E-state index in [1.165, 1.54) is 6.20 Å². The first-order valence-corrected chi connectivity index (χ1v) is 7.46. The highest BCUT2D eigenvalue weighted by Crippen LogP contribution is 2.32. The van der Waals surface area contributed by atoms with E-state index >= 15 is 0 Å². The van der Waals surface area contributed by atoms with Crippen LogP contribution in [0.4, 0.5) is 19.1 Å². The van der Waals surface area contributed by atoms with E-state index in [2.05, 4.69) is 15.3 Å².